The Kier molecular flexibility index (Phi) is 3.17. The van der Waals surface area contributed by atoms with Crippen LogP contribution >= 0.6 is 0 Å². The standard InChI is InChI=1S/C12H17N2/c13-14-9-5-4-8-12(14)10-11-6-2-1-3-7-11/h1-3,6-7,12-13H,4-5,8-10H2. The maximum Gasteiger partial charge on any atom is 0.0297 e. The van der Waals surface area contributed by atoms with Crippen molar-refractivity contribution in [3.63, 3.8) is 0 Å². The lowest BCUT2D eigenvalue weighted by molar-refractivity contribution is 0.138. The van der Waals surface area contributed by atoms with Gasteiger partial charge in [-0.3, -0.25) is 0 Å². The highest BCUT2D eigenvalue weighted by atomic mass is 15.4. The fourth-order valence-corrected chi connectivity index (χ4v) is 2.10. The molecule has 1 aromatic rings. The molecule has 2 rings (SSSR count). The van der Waals surface area contributed by atoms with Crippen molar-refractivity contribution in [2.75, 3.05) is 6.54 Å². The van der Waals surface area contributed by atoms with E-state index in [1.807, 2.05) is 6.07 Å². The van der Waals surface area contributed by atoms with Crippen molar-refractivity contribution in [3.05, 3.63) is 35.9 Å². The van der Waals surface area contributed by atoms with Crippen LogP contribution in [0.1, 0.15) is 24.8 Å². The van der Waals surface area contributed by atoms with Gasteiger partial charge in [-0.1, -0.05) is 36.8 Å². The molecule has 2 nitrogen and oxygen atoms in total. The summed E-state index contributed by atoms with van der Waals surface area (Å²) in [5.74, 6) is 7.81. The number of hydrogen-bond donors (Lipinski definition) is 0. The summed E-state index contributed by atoms with van der Waals surface area (Å²) in [6.45, 7) is 0.942. The quantitative estimate of drug-likeness (QED) is 0.701. The van der Waals surface area contributed by atoms with Gasteiger partial charge in [0.1, 0.15) is 0 Å². The highest BCUT2D eigenvalue weighted by Crippen LogP contribution is 2.18. The van der Waals surface area contributed by atoms with Gasteiger partial charge in [-0.2, -0.15) is 5.84 Å². The van der Waals surface area contributed by atoms with Crippen LogP contribution in [0.3, 0.4) is 0 Å². The van der Waals surface area contributed by atoms with E-state index in [4.69, 9.17) is 5.84 Å². The number of rotatable bonds is 2. The maximum absolute atomic E-state index is 7.81. The van der Waals surface area contributed by atoms with Crippen molar-refractivity contribution >= 4 is 0 Å². The second-order valence-electron chi connectivity index (χ2n) is 4.03. The van der Waals surface area contributed by atoms with Crippen LogP contribution in [0.4, 0.5) is 0 Å². The van der Waals surface area contributed by atoms with Crippen molar-refractivity contribution in [2.45, 2.75) is 31.7 Å². The Hall–Kier alpha value is -0.860. The van der Waals surface area contributed by atoms with E-state index in [2.05, 4.69) is 24.3 Å². The Morgan fingerprint density at radius 3 is 2.71 bits per heavy atom. The Bertz CT molecular complexity index is 271. The number of nitrogens with zero attached hydrogens (tertiary/aromatic N) is 1. The molecule has 1 aliphatic rings. The second kappa shape index (κ2) is 4.58. The van der Waals surface area contributed by atoms with E-state index in [0.29, 0.717) is 6.04 Å². The topological polar surface area (TPSA) is 27.0 Å². The highest BCUT2D eigenvalue weighted by molar-refractivity contribution is 5.15. The van der Waals surface area contributed by atoms with Crippen LogP contribution in [0.2, 0.25) is 0 Å². The molecule has 0 bridgehead atoms. The van der Waals surface area contributed by atoms with Gasteiger partial charge in [0.05, 0.1) is 0 Å². The molecule has 1 atom stereocenters. The van der Waals surface area contributed by atoms with E-state index in [1.165, 1.54) is 24.8 Å². The number of benzene rings is 1. The number of piperidine rings is 1. The minimum Gasteiger partial charge on any atom is -0.226 e. The van der Waals surface area contributed by atoms with Crippen molar-refractivity contribution in [3.8, 4) is 0 Å². The molecule has 0 aliphatic carbocycles. The predicted octanol–water partition coefficient (Wildman–Crippen LogP) is 2.28. The van der Waals surface area contributed by atoms with Gasteiger partial charge in [0.2, 0.25) is 0 Å². The van der Waals surface area contributed by atoms with E-state index in [-0.39, 0.29) is 0 Å². The Balaban J connectivity index is 1.96. The summed E-state index contributed by atoms with van der Waals surface area (Å²) in [6.07, 6.45) is 4.68. The van der Waals surface area contributed by atoms with Crippen molar-refractivity contribution in [1.82, 2.24) is 10.9 Å². The SMILES string of the molecule is [NH]N1CCCCC1Cc1ccccc1. The van der Waals surface area contributed by atoms with Crippen LogP contribution in [-0.2, 0) is 6.42 Å². The molecule has 0 saturated carbocycles. The first kappa shape index (κ1) is 9.69. The van der Waals surface area contributed by atoms with Crippen LogP contribution in [0.5, 0.6) is 0 Å². The largest absolute Gasteiger partial charge is 0.226 e. The molecule has 1 N–H and O–H groups in total. The van der Waals surface area contributed by atoms with Crippen molar-refractivity contribution in [1.29, 1.82) is 0 Å². The number of nitrogens with one attached hydrogen (secondary N) is 1. The van der Waals surface area contributed by atoms with Crippen molar-refractivity contribution in [2.24, 2.45) is 0 Å². The van der Waals surface area contributed by atoms with Crippen LogP contribution in [0, 0.1) is 0 Å². The average molecular weight is 189 g/mol. The number of hydrogen-bond acceptors (Lipinski definition) is 1. The summed E-state index contributed by atoms with van der Waals surface area (Å²) in [4.78, 5) is 0. The molecule has 1 unspecified atom stereocenters. The van der Waals surface area contributed by atoms with E-state index >= 15 is 0 Å². The molecule has 1 heterocycles. The molecule has 1 aliphatic heterocycles. The molecule has 1 aromatic carbocycles. The summed E-state index contributed by atoms with van der Waals surface area (Å²) in [7, 11) is 0. The summed E-state index contributed by atoms with van der Waals surface area (Å²) in [5, 5.41) is 1.76. The molecule has 0 amide bonds. The Labute approximate surface area is 85.7 Å². The lowest BCUT2D eigenvalue weighted by Crippen LogP contribution is -2.39. The summed E-state index contributed by atoms with van der Waals surface area (Å²) < 4.78 is 0. The molecule has 14 heavy (non-hydrogen) atoms. The zero-order chi connectivity index (χ0) is 9.80. The minimum atomic E-state index is 0.436. The van der Waals surface area contributed by atoms with Crippen LogP contribution in [0.25, 0.3) is 0 Å². The van der Waals surface area contributed by atoms with Gasteiger partial charge in [-0.25, -0.2) is 5.01 Å². The highest BCUT2D eigenvalue weighted by Gasteiger charge is 2.19. The van der Waals surface area contributed by atoms with Gasteiger partial charge in [-0.15, -0.1) is 0 Å². The molecular formula is C12H17N2. The Morgan fingerprint density at radius 1 is 1.21 bits per heavy atom. The van der Waals surface area contributed by atoms with Gasteiger partial charge >= 0.3 is 0 Å². The first-order chi connectivity index (χ1) is 6.86. The molecule has 1 fully saturated rings. The van der Waals surface area contributed by atoms with E-state index < -0.39 is 0 Å². The fraction of sp³-hybridized carbons (Fsp3) is 0.500. The third-order valence-electron chi connectivity index (χ3n) is 2.94. The summed E-state index contributed by atoms with van der Waals surface area (Å²) in [6, 6.07) is 10.9. The maximum atomic E-state index is 7.81. The molecule has 1 saturated heterocycles. The minimum absolute atomic E-state index is 0.436. The van der Waals surface area contributed by atoms with Gasteiger partial charge in [0, 0.05) is 12.6 Å². The molecular weight excluding hydrogens is 172 g/mol. The van der Waals surface area contributed by atoms with Crippen LogP contribution in [-0.4, -0.2) is 17.6 Å². The predicted molar refractivity (Wildman–Crippen MR) is 57.6 cm³/mol. The van der Waals surface area contributed by atoms with Gasteiger partial charge < -0.3 is 0 Å². The van der Waals surface area contributed by atoms with Gasteiger partial charge in [0.15, 0.2) is 0 Å². The van der Waals surface area contributed by atoms with E-state index in [0.717, 1.165) is 13.0 Å². The van der Waals surface area contributed by atoms with Crippen LogP contribution < -0.4 is 5.84 Å². The molecule has 1 radical (unpaired) electrons. The summed E-state index contributed by atoms with van der Waals surface area (Å²) >= 11 is 0. The fourth-order valence-electron chi connectivity index (χ4n) is 2.10. The van der Waals surface area contributed by atoms with Crippen LogP contribution in [0.15, 0.2) is 30.3 Å². The molecule has 75 valence electrons. The zero-order valence-electron chi connectivity index (χ0n) is 8.45. The molecule has 2 heteroatoms. The van der Waals surface area contributed by atoms with E-state index in [9.17, 15) is 0 Å². The zero-order valence-corrected chi connectivity index (χ0v) is 8.45. The Morgan fingerprint density at radius 2 is 2.00 bits per heavy atom. The van der Waals surface area contributed by atoms with Crippen molar-refractivity contribution < 1.29 is 0 Å². The lowest BCUT2D eigenvalue weighted by Gasteiger charge is -2.30. The molecule has 0 aromatic heterocycles. The van der Waals surface area contributed by atoms with E-state index in [1.54, 1.807) is 5.01 Å². The monoisotopic (exact) mass is 189 g/mol. The average Bonchev–Trinajstić information content (AvgIpc) is 2.23. The summed E-state index contributed by atoms with van der Waals surface area (Å²) in [5.41, 5.74) is 1.36. The first-order valence-corrected chi connectivity index (χ1v) is 5.38. The third-order valence-corrected chi connectivity index (χ3v) is 2.94. The third kappa shape index (κ3) is 2.34. The lowest BCUT2D eigenvalue weighted by atomic mass is 9.97. The second-order valence-corrected chi connectivity index (χ2v) is 4.03. The molecule has 0 spiro atoms. The van der Waals surface area contributed by atoms with Gasteiger partial charge in [0.25, 0.3) is 0 Å². The smallest absolute Gasteiger partial charge is 0.0297 e. The van der Waals surface area contributed by atoms with Gasteiger partial charge in [-0.05, 0) is 24.8 Å². The first-order valence-electron chi connectivity index (χ1n) is 5.38. The normalized spacial score (nSPS) is 23.6.